The summed E-state index contributed by atoms with van der Waals surface area (Å²) in [6.07, 6.45) is 2.70. The van der Waals surface area contributed by atoms with E-state index < -0.39 is 5.60 Å². The molecule has 5 heteroatoms. The Kier molecular flexibility index (Phi) is 3.58. The van der Waals surface area contributed by atoms with E-state index >= 15 is 0 Å². The number of rotatable bonds is 4. The van der Waals surface area contributed by atoms with Crippen molar-refractivity contribution in [1.29, 1.82) is 0 Å². The SMILES string of the molecule is CN=C(NCC(C)(O)c1ccco1)NC1CC1(C)C. The van der Waals surface area contributed by atoms with E-state index in [0.29, 0.717) is 29.7 Å². The molecule has 0 aromatic carbocycles. The predicted octanol–water partition coefficient (Wildman–Crippen LogP) is 1.45. The minimum atomic E-state index is -1.06. The van der Waals surface area contributed by atoms with Gasteiger partial charge in [0.2, 0.25) is 0 Å². The largest absolute Gasteiger partial charge is 0.466 e. The molecular weight excluding hydrogens is 242 g/mol. The van der Waals surface area contributed by atoms with Crippen LogP contribution in [0.15, 0.2) is 27.8 Å². The summed E-state index contributed by atoms with van der Waals surface area (Å²) in [4.78, 5) is 4.17. The van der Waals surface area contributed by atoms with Gasteiger partial charge in [0.05, 0.1) is 12.8 Å². The van der Waals surface area contributed by atoms with Gasteiger partial charge in [0.15, 0.2) is 5.96 Å². The maximum Gasteiger partial charge on any atom is 0.191 e. The van der Waals surface area contributed by atoms with Gasteiger partial charge in [-0.05, 0) is 30.9 Å². The van der Waals surface area contributed by atoms with Crippen molar-refractivity contribution in [2.24, 2.45) is 10.4 Å². The zero-order valence-corrected chi connectivity index (χ0v) is 12.0. The molecule has 1 aliphatic carbocycles. The zero-order valence-electron chi connectivity index (χ0n) is 12.0. The lowest BCUT2D eigenvalue weighted by atomic mass is 10.0. The number of nitrogens with one attached hydrogen (secondary N) is 2. The van der Waals surface area contributed by atoms with E-state index in [2.05, 4.69) is 29.5 Å². The minimum absolute atomic E-state index is 0.334. The summed E-state index contributed by atoms with van der Waals surface area (Å²) in [5.41, 5.74) is -0.721. The van der Waals surface area contributed by atoms with E-state index in [1.54, 1.807) is 32.4 Å². The van der Waals surface area contributed by atoms with Crippen LogP contribution in [-0.4, -0.2) is 30.7 Å². The van der Waals surface area contributed by atoms with Crippen molar-refractivity contribution < 1.29 is 9.52 Å². The van der Waals surface area contributed by atoms with Gasteiger partial charge in [-0.15, -0.1) is 0 Å². The highest BCUT2D eigenvalue weighted by Crippen LogP contribution is 2.44. The van der Waals surface area contributed by atoms with Crippen molar-refractivity contribution in [3.05, 3.63) is 24.2 Å². The fourth-order valence-corrected chi connectivity index (χ4v) is 2.00. The number of nitrogens with zero attached hydrogens (tertiary/aromatic N) is 1. The van der Waals surface area contributed by atoms with Crippen molar-refractivity contribution >= 4 is 5.96 Å². The van der Waals surface area contributed by atoms with Gasteiger partial charge in [0.1, 0.15) is 11.4 Å². The van der Waals surface area contributed by atoms with Crippen molar-refractivity contribution in [3.8, 4) is 0 Å². The smallest absolute Gasteiger partial charge is 0.191 e. The molecule has 19 heavy (non-hydrogen) atoms. The van der Waals surface area contributed by atoms with Gasteiger partial charge in [-0.1, -0.05) is 13.8 Å². The van der Waals surface area contributed by atoms with Crippen molar-refractivity contribution in [2.45, 2.75) is 38.8 Å². The van der Waals surface area contributed by atoms with Crippen LogP contribution < -0.4 is 10.6 Å². The third-order valence-electron chi connectivity index (χ3n) is 3.70. The molecule has 0 radical (unpaired) electrons. The monoisotopic (exact) mass is 265 g/mol. The van der Waals surface area contributed by atoms with Crippen LogP contribution in [0.2, 0.25) is 0 Å². The Morgan fingerprint density at radius 3 is 2.79 bits per heavy atom. The first-order chi connectivity index (χ1) is 8.85. The Morgan fingerprint density at radius 1 is 1.63 bits per heavy atom. The average molecular weight is 265 g/mol. The molecule has 1 saturated carbocycles. The van der Waals surface area contributed by atoms with Gasteiger partial charge in [0.25, 0.3) is 0 Å². The van der Waals surface area contributed by atoms with Gasteiger partial charge in [-0.3, -0.25) is 4.99 Å². The fraction of sp³-hybridized carbons (Fsp3) is 0.643. The molecule has 1 aromatic rings. The number of guanidine groups is 1. The molecule has 0 aliphatic heterocycles. The quantitative estimate of drug-likeness (QED) is 0.569. The highest BCUT2D eigenvalue weighted by molar-refractivity contribution is 5.80. The lowest BCUT2D eigenvalue weighted by molar-refractivity contribution is 0.0385. The van der Waals surface area contributed by atoms with E-state index in [0.717, 1.165) is 6.42 Å². The molecule has 1 fully saturated rings. The van der Waals surface area contributed by atoms with E-state index in [1.807, 2.05) is 0 Å². The van der Waals surface area contributed by atoms with E-state index in [9.17, 15) is 5.11 Å². The molecule has 0 saturated heterocycles. The van der Waals surface area contributed by atoms with Crippen LogP contribution in [0.3, 0.4) is 0 Å². The highest BCUT2D eigenvalue weighted by atomic mass is 16.4. The van der Waals surface area contributed by atoms with Gasteiger partial charge in [-0.2, -0.15) is 0 Å². The van der Waals surface area contributed by atoms with E-state index in [1.165, 1.54) is 0 Å². The third kappa shape index (κ3) is 3.29. The number of aliphatic imine (C=N–C) groups is 1. The van der Waals surface area contributed by atoms with Crippen LogP contribution in [0.4, 0.5) is 0 Å². The lowest BCUT2D eigenvalue weighted by Crippen LogP contribution is -2.45. The molecule has 2 rings (SSSR count). The molecule has 2 unspecified atom stereocenters. The molecule has 3 N–H and O–H groups in total. The fourth-order valence-electron chi connectivity index (χ4n) is 2.00. The van der Waals surface area contributed by atoms with E-state index in [-0.39, 0.29) is 0 Å². The zero-order chi connectivity index (χ0) is 14.1. The first-order valence-electron chi connectivity index (χ1n) is 6.59. The Balaban J connectivity index is 1.87. The van der Waals surface area contributed by atoms with Crippen molar-refractivity contribution in [1.82, 2.24) is 10.6 Å². The highest BCUT2D eigenvalue weighted by Gasteiger charge is 2.46. The number of hydrogen-bond donors (Lipinski definition) is 3. The Bertz CT molecular complexity index is 449. The maximum absolute atomic E-state index is 10.3. The van der Waals surface area contributed by atoms with Crippen LogP contribution in [0, 0.1) is 5.41 Å². The van der Waals surface area contributed by atoms with Crippen LogP contribution in [0.25, 0.3) is 0 Å². The maximum atomic E-state index is 10.3. The summed E-state index contributed by atoms with van der Waals surface area (Å²) in [6.45, 7) is 6.49. The van der Waals surface area contributed by atoms with Crippen LogP contribution in [0.1, 0.15) is 33.0 Å². The second-order valence-corrected chi connectivity index (χ2v) is 6.07. The third-order valence-corrected chi connectivity index (χ3v) is 3.70. The minimum Gasteiger partial charge on any atom is -0.466 e. The lowest BCUT2D eigenvalue weighted by Gasteiger charge is -2.23. The van der Waals surface area contributed by atoms with Gasteiger partial charge < -0.3 is 20.2 Å². The summed E-state index contributed by atoms with van der Waals surface area (Å²) in [7, 11) is 1.73. The van der Waals surface area contributed by atoms with Gasteiger partial charge in [0, 0.05) is 13.1 Å². The van der Waals surface area contributed by atoms with Crippen molar-refractivity contribution in [2.75, 3.05) is 13.6 Å². The summed E-state index contributed by atoms with van der Waals surface area (Å²) in [5, 5.41) is 16.8. The molecule has 1 aromatic heterocycles. The molecule has 0 bridgehead atoms. The molecule has 1 aliphatic rings. The Labute approximate surface area is 114 Å². The molecule has 5 nitrogen and oxygen atoms in total. The topological polar surface area (TPSA) is 69.8 Å². The molecule has 0 amide bonds. The normalized spacial score (nSPS) is 24.7. The second kappa shape index (κ2) is 4.89. The molecule has 0 spiro atoms. The molecule has 2 atom stereocenters. The van der Waals surface area contributed by atoms with E-state index in [4.69, 9.17) is 4.42 Å². The molecule has 106 valence electrons. The number of furan rings is 1. The second-order valence-electron chi connectivity index (χ2n) is 6.07. The van der Waals surface area contributed by atoms with Gasteiger partial charge >= 0.3 is 0 Å². The summed E-state index contributed by atoms with van der Waals surface area (Å²) >= 11 is 0. The van der Waals surface area contributed by atoms with Crippen LogP contribution in [-0.2, 0) is 5.60 Å². The average Bonchev–Trinajstić information content (AvgIpc) is 2.80. The van der Waals surface area contributed by atoms with Crippen LogP contribution >= 0.6 is 0 Å². The number of aliphatic hydroxyl groups is 1. The Hall–Kier alpha value is -1.49. The number of hydrogen-bond acceptors (Lipinski definition) is 3. The summed E-state index contributed by atoms with van der Waals surface area (Å²) in [6, 6.07) is 3.98. The van der Waals surface area contributed by atoms with Crippen molar-refractivity contribution in [3.63, 3.8) is 0 Å². The summed E-state index contributed by atoms with van der Waals surface area (Å²) < 4.78 is 5.24. The van der Waals surface area contributed by atoms with Gasteiger partial charge in [-0.25, -0.2) is 0 Å². The predicted molar refractivity (Wildman–Crippen MR) is 75.0 cm³/mol. The summed E-state index contributed by atoms with van der Waals surface area (Å²) in [5.74, 6) is 1.25. The first-order valence-corrected chi connectivity index (χ1v) is 6.59. The molecule has 1 heterocycles. The molecular formula is C14H23N3O2. The van der Waals surface area contributed by atoms with Crippen LogP contribution in [0.5, 0.6) is 0 Å². The standard InChI is InChI=1S/C14H23N3O2/c1-13(2)8-10(13)17-12(15-4)16-9-14(3,18)11-6-5-7-19-11/h5-7,10,18H,8-9H2,1-4H3,(H2,15,16,17). The Morgan fingerprint density at radius 2 is 2.32 bits per heavy atom. The first kappa shape index (κ1) is 13.9.